The van der Waals surface area contributed by atoms with Crippen LogP contribution in [-0.4, -0.2) is 16.5 Å². The minimum absolute atomic E-state index is 0.0807. The highest BCUT2D eigenvalue weighted by Gasteiger charge is 2.23. The molecule has 1 heterocycles. The summed E-state index contributed by atoms with van der Waals surface area (Å²) < 4.78 is 13.7. The summed E-state index contributed by atoms with van der Waals surface area (Å²) in [6.45, 7) is 4.14. The first-order chi connectivity index (χ1) is 7.98. The van der Waals surface area contributed by atoms with E-state index < -0.39 is 5.82 Å². The van der Waals surface area contributed by atoms with Crippen molar-refractivity contribution in [2.24, 2.45) is 4.99 Å². The van der Waals surface area contributed by atoms with Crippen molar-refractivity contribution >= 4 is 34.2 Å². The smallest absolute Gasteiger partial charge is 0.165 e. The van der Waals surface area contributed by atoms with Crippen LogP contribution in [0.15, 0.2) is 23.2 Å². The van der Waals surface area contributed by atoms with Gasteiger partial charge in [-0.15, -0.1) is 0 Å². The molecule has 2 nitrogen and oxygen atoms in total. The van der Waals surface area contributed by atoms with Gasteiger partial charge in [0.25, 0.3) is 0 Å². The van der Waals surface area contributed by atoms with Gasteiger partial charge in [0, 0.05) is 5.75 Å². The molecule has 0 unspecified atom stereocenters. The molecule has 0 saturated heterocycles. The first kappa shape index (κ1) is 12.7. The second kappa shape index (κ2) is 4.86. The second-order valence-electron chi connectivity index (χ2n) is 4.55. The molecule has 0 aliphatic carbocycles. The quantitative estimate of drug-likeness (QED) is 0.830. The fourth-order valence-electron chi connectivity index (χ4n) is 1.54. The predicted octanol–water partition coefficient (Wildman–Crippen LogP) is 4.16. The normalized spacial score (nSPS) is 18.7. The molecule has 0 atom stereocenters. The molecule has 1 aromatic rings. The van der Waals surface area contributed by atoms with Crippen LogP contribution in [0.4, 0.5) is 10.1 Å². The van der Waals surface area contributed by atoms with Crippen molar-refractivity contribution < 1.29 is 4.39 Å². The zero-order valence-corrected chi connectivity index (χ0v) is 11.3. The molecule has 5 heteroatoms. The van der Waals surface area contributed by atoms with E-state index in [-0.39, 0.29) is 10.6 Å². The number of hydrogen-bond donors (Lipinski definition) is 1. The van der Waals surface area contributed by atoms with E-state index in [1.165, 1.54) is 6.07 Å². The number of aliphatic imine (C=N–C) groups is 1. The van der Waals surface area contributed by atoms with Crippen LogP contribution in [-0.2, 0) is 0 Å². The van der Waals surface area contributed by atoms with E-state index in [1.807, 2.05) is 0 Å². The van der Waals surface area contributed by atoms with Crippen LogP contribution in [0.3, 0.4) is 0 Å². The number of anilines is 1. The van der Waals surface area contributed by atoms with Crippen LogP contribution in [0, 0.1) is 5.82 Å². The molecule has 2 rings (SSSR count). The van der Waals surface area contributed by atoms with Gasteiger partial charge < -0.3 is 5.32 Å². The average Bonchev–Trinajstić information content (AvgIpc) is 2.23. The lowest BCUT2D eigenvalue weighted by molar-refractivity contribution is 0.507. The second-order valence-corrected chi connectivity index (χ2v) is 6.05. The summed E-state index contributed by atoms with van der Waals surface area (Å²) in [6.07, 6.45) is 1.03. The van der Waals surface area contributed by atoms with Gasteiger partial charge >= 0.3 is 0 Å². The molecule has 0 amide bonds. The van der Waals surface area contributed by atoms with Crippen LogP contribution in [0.25, 0.3) is 0 Å². The number of thioether (sulfide) groups is 1. The zero-order chi connectivity index (χ0) is 12.5. The third kappa shape index (κ3) is 3.13. The Labute approximate surface area is 110 Å². The number of halogens is 2. The Hall–Kier alpha value is -0.740. The number of amidine groups is 1. The minimum Gasteiger partial charge on any atom is -0.333 e. The number of nitrogens with zero attached hydrogens (tertiary/aromatic N) is 1. The lowest BCUT2D eigenvalue weighted by Crippen LogP contribution is -2.27. The first-order valence-corrected chi connectivity index (χ1v) is 6.78. The Morgan fingerprint density at radius 1 is 1.47 bits per heavy atom. The Morgan fingerprint density at radius 3 is 2.94 bits per heavy atom. The van der Waals surface area contributed by atoms with E-state index in [1.54, 1.807) is 23.9 Å². The van der Waals surface area contributed by atoms with Crippen molar-refractivity contribution in [1.29, 1.82) is 0 Å². The van der Waals surface area contributed by atoms with E-state index in [9.17, 15) is 4.39 Å². The highest BCUT2D eigenvalue weighted by atomic mass is 35.5. The Balaban J connectivity index is 2.21. The molecule has 1 aromatic carbocycles. The minimum atomic E-state index is -0.430. The van der Waals surface area contributed by atoms with Crippen molar-refractivity contribution in [3.05, 3.63) is 29.0 Å². The maximum atomic E-state index is 13.7. The fraction of sp³-hybridized carbons (Fsp3) is 0.417. The molecule has 0 spiro atoms. The summed E-state index contributed by atoms with van der Waals surface area (Å²) in [7, 11) is 0. The van der Waals surface area contributed by atoms with Crippen LogP contribution in [0.1, 0.15) is 20.3 Å². The van der Waals surface area contributed by atoms with Gasteiger partial charge in [0.15, 0.2) is 11.0 Å². The molecule has 0 aromatic heterocycles. The average molecular weight is 273 g/mol. The van der Waals surface area contributed by atoms with Crippen LogP contribution in [0.2, 0.25) is 5.02 Å². The molecule has 0 fully saturated rings. The van der Waals surface area contributed by atoms with Gasteiger partial charge in [-0.05, 0) is 32.4 Å². The Kier molecular flexibility index (Phi) is 3.64. The maximum Gasteiger partial charge on any atom is 0.165 e. The van der Waals surface area contributed by atoms with E-state index in [4.69, 9.17) is 11.6 Å². The van der Waals surface area contributed by atoms with Crippen LogP contribution in [0.5, 0.6) is 0 Å². The SMILES string of the molecule is CC1(C)CCSC(Nc2cccc(Cl)c2F)=N1. The topological polar surface area (TPSA) is 24.4 Å². The summed E-state index contributed by atoms with van der Waals surface area (Å²) in [6, 6.07) is 4.90. The number of benzene rings is 1. The van der Waals surface area contributed by atoms with Gasteiger partial charge in [-0.1, -0.05) is 29.4 Å². The summed E-state index contributed by atoms with van der Waals surface area (Å²) in [5.41, 5.74) is 0.296. The van der Waals surface area contributed by atoms with Gasteiger partial charge in [-0.2, -0.15) is 0 Å². The standard InChI is InChI=1S/C12H14ClFN2S/c1-12(2)6-7-17-11(16-12)15-9-5-3-4-8(13)10(9)14/h3-5H,6-7H2,1-2H3,(H,15,16). The van der Waals surface area contributed by atoms with Crippen molar-refractivity contribution in [3.63, 3.8) is 0 Å². The largest absolute Gasteiger partial charge is 0.333 e. The lowest BCUT2D eigenvalue weighted by atomic mass is 10.0. The van der Waals surface area contributed by atoms with E-state index in [0.29, 0.717) is 5.69 Å². The highest BCUT2D eigenvalue weighted by Crippen LogP contribution is 2.28. The van der Waals surface area contributed by atoms with Crippen molar-refractivity contribution in [2.45, 2.75) is 25.8 Å². The van der Waals surface area contributed by atoms with Crippen LogP contribution < -0.4 is 5.32 Å². The third-order valence-corrected chi connectivity index (χ3v) is 3.72. The van der Waals surface area contributed by atoms with Crippen molar-refractivity contribution in [2.75, 3.05) is 11.1 Å². The molecule has 1 N–H and O–H groups in total. The van der Waals surface area contributed by atoms with Gasteiger partial charge in [0.05, 0.1) is 16.2 Å². The van der Waals surface area contributed by atoms with Gasteiger partial charge in [0.2, 0.25) is 0 Å². The summed E-state index contributed by atoms with van der Waals surface area (Å²) in [5.74, 6) is 0.557. The van der Waals surface area contributed by atoms with Crippen molar-refractivity contribution in [3.8, 4) is 0 Å². The van der Waals surface area contributed by atoms with Gasteiger partial charge in [0.1, 0.15) is 0 Å². The van der Waals surface area contributed by atoms with E-state index in [2.05, 4.69) is 24.2 Å². The first-order valence-electron chi connectivity index (χ1n) is 5.42. The lowest BCUT2D eigenvalue weighted by Gasteiger charge is -2.26. The Morgan fingerprint density at radius 2 is 2.24 bits per heavy atom. The summed E-state index contributed by atoms with van der Waals surface area (Å²) in [4.78, 5) is 4.54. The molecular weight excluding hydrogens is 259 g/mol. The predicted molar refractivity (Wildman–Crippen MR) is 73.6 cm³/mol. The number of rotatable bonds is 1. The zero-order valence-electron chi connectivity index (χ0n) is 9.76. The molecule has 1 aliphatic heterocycles. The number of hydrogen-bond acceptors (Lipinski definition) is 3. The molecule has 0 saturated carbocycles. The van der Waals surface area contributed by atoms with E-state index >= 15 is 0 Å². The Bertz CT molecular complexity index is 460. The molecule has 1 aliphatic rings. The van der Waals surface area contributed by atoms with E-state index in [0.717, 1.165) is 17.3 Å². The fourth-order valence-corrected chi connectivity index (χ4v) is 3.00. The highest BCUT2D eigenvalue weighted by molar-refractivity contribution is 8.14. The summed E-state index contributed by atoms with van der Waals surface area (Å²) in [5, 5.41) is 3.87. The van der Waals surface area contributed by atoms with Crippen molar-refractivity contribution in [1.82, 2.24) is 0 Å². The molecule has 0 radical (unpaired) electrons. The number of nitrogens with one attached hydrogen (secondary N) is 1. The molecular formula is C12H14ClFN2S. The molecule has 17 heavy (non-hydrogen) atoms. The molecule has 92 valence electrons. The monoisotopic (exact) mass is 272 g/mol. The molecule has 0 bridgehead atoms. The van der Waals surface area contributed by atoms with Crippen LogP contribution >= 0.6 is 23.4 Å². The maximum absolute atomic E-state index is 13.7. The summed E-state index contributed by atoms with van der Waals surface area (Å²) >= 11 is 7.33. The van der Waals surface area contributed by atoms with Gasteiger partial charge in [-0.25, -0.2) is 4.39 Å². The third-order valence-electron chi connectivity index (χ3n) is 2.55. The van der Waals surface area contributed by atoms with Gasteiger partial charge in [-0.3, -0.25) is 4.99 Å².